The Morgan fingerprint density at radius 3 is 2.67 bits per heavy atom. The highest BCUT2D eigenvalue weighted by molar-refractivity contribution is 9.13. The molecule has 18 heavy (non-hydrogen) atoms. The zero-order valence-electron chi connectivity index (χ0n) is 10.7. The van der Waals surface area contributed by atoms with Crippen molar-refractivity contribution in [2.45, 2.75) is 38.8 Å². The smallest absolute Gasteiger partial charge is 0.0843 e. The van der Waals surface area contributed by atoms with E-state index in [1.165, 1.54) is 52.0 Å². The molecule has 0 radical (unpaired) electrons. The van der Waals surface area contributed by atoms with Crippen LogP contribution in [0.5, 0.6) is 0 Å². The van der Waals surface area contributed by atoms with Crippen LogP contribution in [-0.2, 0) is 6.54 Å². The van der Waals surface area contributed by atoms with Gasteiger partial charge in [0.05, 0.1) is 3.79 Å². The summed E-state index contributed by atoms with van der Waals surface area (Å²) in [7, 11) is 0. The SMILES string of the molecule is CCCN1CCC(NCc2cc(Br)c(Br)s2)CC1. The maximum Gasteiger partial charge on any atom is 0.0843 e. The molecule has 2 nitrogen and oxygen atoms in total. The average molecular weight is 396 g/mol. The van der Waals surface area contributed by atoms with Gasteiger partial charge in [-0.3, -0.25) is 0 Å². The number of likely N-dealkylation sites (tertiary alicyclic amines) is 1. The first kappa shape index (κ1) is 15.0. The van der Waals surface area contributed by atoms with Crippen molar-refractivity contribution in [1.82, 2.24) is 10.2 Å². The van der Waals surface area contributed by atoms with E-state index in [0.29, 0.717) is 6.04 Å². The number of rotatable bonds is 5. The summed E-state index contributed by atoms with van der Waals surface area (Å²) < 4.78 is 2.36. The van der Waals surface area contributed by atoms with Gasteiger partial charge in [0.15, 0.2) is 0 Å². The Kier molecular flexibility index (Phi) is 6.15. The Morgan fingerprint density at radius 1 is 1.39 bits per heavy atom. The highest BCUT2D eigenvalue weighted by atomic mass is 79.9. The quantitative estimate of drug-likeness (QED) is 0.801. The van der Waals surface area contributed by atoms with Crippen LogP contribution in [-0.4, -0.2) is 30.6 Å². The van der Waals surface area contributed by atoms with E-state index < -0.39 is 0 Å². The molecule has 1 aliphatic heterocycles. The molecule has 0 aromatic carbocycles. The molecule has 0 aliphatic carbocycles. The zero-order valence-corrected chi connectivity index (χ0v) is 14.7. The third-order valence-corrected chi connectivity index (χ3v) is 6.64. The highest BCUT2D eigenvalue weighted by Gasteiger charge is 2.18. The second-order valence-electron chi connectivity index (χ2n) is 4.83. The maximum atomic E-state index is 3.68. The number of nitrogens with one attached hydrogen (secondary N) is 1. The van der Waals surface area contributed by atoms with Crippen LogP contribution in [0.1, 0.15) is 31.1 Å². The summed E-state index contributed by atoms with van der Waals surface area (Å²) in [6.07, 6.45) is 3.84. The minimum atomic E-state index is 0.692. The summed E-state index contributed by atoms with van der Waals surface area (Å²) in [5.41, 5.74) is 0. The van der Waals surface area contributed by atoms with Crippen molar-refractivity contribution in [1.29, 1.82) is 0 Å². The summed E-state index contributed by atoms with van der Waals surface area (Å²) in [6.45, 7) is 7.02. The topological polar surface area (TPSA) is 15.3 Å². The normalized spacial score (nSPS) is 18.4. The van der Waals surface area contributed by atoms with Gasteiger partial charge in [0.25, 0.3) is 0 Å². The lowest BCUT2D eigenvalue weighted by Gasteiger charge is -2.32. The second kappa shape index (κ2) is 7.39. The van der Waals surface area contributed by atoms with Gasteiger partial charge in [-0.15, -0.1) is 11.3 Å². The molecule has 0 saturated carbocycles. The van der Waals surface area contributed by atoms with E-state index in [1.54, 1.807) is 0 Å². The maximum absolute atomic E-state index is 3.68. The van der Waals surface area contributed by atoms with E-state index in [2.05, 4.69) is 55.1 Å². The van der Waals surface area contributed by atoms with E-state index in [1.807, 2.05) is 11.3 Å². The summed E-state index contributed by atoms with van der Waals surface area (Å²) in [6, 6.07) is 2.89. The molecule has 1 aromatic heterocycles. The van der Waals surface area contributed by atoms with Crippen LogP contribution in [0.4, 0.5) is 0 Å². The number of nitrogens with zero attached hydrogens (tertiary/aromatic N) is 1. The van der Waals surface area contributed by atoms with Crippen molar-refractivity contribution in [3.63, 3.8) is 0 Å². The number of hydrogen-bond acceptors (Lipinski definition) is 3. The highest BCUT2D eigenvalue weighted by Crippen LogP contribution is 2.32. The van der Waals surface area contributed by atoms with Crippen LogP contribution >= 0.6 is 43.2 Å². The zero-order chi connectivity index (χ0) is 13.0. The molecule has 5 heteroatoms. The summed E-state index contributed by atoms with van der Waals surface area (Å²) in [5.74, 6) is 0. The summed E-state index contributed by atoms with van der Waals surface area (Å²) in [4.78, 5) is 3.97. The van der Waals surface area contributed by atoms with Crippen LogP contribution in [0.25, 0.3) is 0 Å². The number of hydrogen-bond donors (Lipinski definition) is 1. The van der Waals surface area contributed by atoms with Gasteiger partial charge in [-0.2, -0.15) is 0 Å². The number of piperidine rings is 1. The standard InChI is InChI=1S/C13H20Br2N2S/c1-2-5-17-6-3-10(4-7-17)16-9-11-8-12(14)13(15)18-11/h8,10,16H,2-7,9H2,1H3. The first-order valence-corrected chi connectivity index (χ1v) is 8.98. The van der Waals surface area contributed by atoms with Crippen molar-refractivity contribution >= 4 is 43.2 Å². The molecule has 0 amide bonds. The minimum absolute atomic E-state index is 0.692. The van der Waals surface area contributed by atoms with Gasteiger partial charge in [-0.25, -0.2) is 0 Å². The monoisotopic (exact) mass is 394 g/mol. The molecule has 1 N–H and O–H groups in total. The molecule has 0 spiro atoms. The van der Waals surface area contributed by atoms with Crippen molar-refractivity contribution in [2.75, 3.05) is 19.6 Å². The van der Waals surface area contributed by atoms with Crippen LogP contribution < -0.4 is 5.32 Å². The Balaban J connectivity index is 1.72. The van der Waals surface area contributed by atoms with Crippen LogP contribution in [0.3, 0.4) is 0 Å². The Labute approximate surface area is 130 Å². The number of thiophene rings is 1. The van der Waals surface area contributed by atoms with E-state index in [0.717, 1.165) is 6.54 Å². The molecule has 1 fully saturated rings. The molecule has 0 bridgehead atoms. The predicted octanol–water partition coefficient (Wildman–Crippen LogP) is 4.24. The van der Waals surface area contributed by atoms with Crippen LogP contribution in [0, 0.1) is 0 Å². The van der Waals surface area contributed by atoms with Crippen LogP contribution in [0.15, 0.2) is 14.3 Å². The number of halogens is 2. The Hall–Kier alpha value is 0.580. The van der Waals surface area contributed by atoms with Gasteiger partial charge in [-0.05, 0) is 76.8 Å². The molecule has 1 aromatic rings. The lowest BCUT2D eigenvalue weighted by Crippen LogP contribution is -2.42. The summed E-state index contributed by atoms with van der Waals surface area (Å²) in [5, 5.41) is 3.68. The first-order chi connectivity index (χ1) is 8.69. The van der Waals surface area contributed by atoms with Gasteiger partial charge in [0, 0.05) is 21.9 Å². The molecule has 1 saturated heterocycles. The first-order valence-electron chi connectivity index (χ1n) is 6.58. The lowest BCUT2D eigenvalue weighted by molar-refractivity contribution is 0.197. The second-order valence-corrected chi connectivity index (χ2v) is 8.14. The fourth-order valence-electron chi connectivity index (χ4n) is 2.40. The van der Waals surface area contributed by atoms with E-state index >= 15 is 0 Å². The van der Waals surface area contributed by atoms with E-state index in [9.17, 15) is 0 Å². The third kappa shape index (κ3) is 4.30. The Morgan fingerprint density at radius 2 is 2.11 bits per heavy atom. The van der Waals surface area contributed by atoms with Gasteiger partial charge >= 0.3 is 0 Å². The van der Waals surface area contributed by atoms with Crippen LogP contribution in [0.2, 0.25) is 0 Å². The van der Waals surface area contributed by atoms with Crippen molar-refractivity contribution in [3.05, 3.63) is 19.2 Å². The van der Waals surface area contributed by atoms with E-state index in [4.69, 9.17) is 0 Å². The largest absolute Gasteiger partial charge is 0.309 e. The Bertz CT molecular complexity index is 354. The predicted molar refractivity (Wildman–Crippen MR) is 86.3 cm³/mol. The molecule has 2 heterocycles. The van der Waals surface area contributed by atoms with Gasteiger partial charge in [0.2, 0.25) is 0 Å². The molecule has 2 rings (SSSR count). The van der Waals surface area contributed by atoms with Gasteiger partial charge in [0.1, 0.15) is 0 Å². The molecule has 0 unspecified atom stereocenters. The van der Waals surface area contributed by atoms with Crippen molar-refractivity contribution in [3.8, 4) is 0 Å². The fourth-order valence-corrected chi connectivity index (χ4v) is 4.53. The van der Waals surface area contributed by atoms with Gasteiger partial charge < -0.3 is 10.2 Å². The molecule has 0 atom stereocenters. The summed E-state index contributed by atoms with van der Waals surface area (Å²) >= 11 is 8.89. The molecular weight excluding hydrogens is 376 g/mol. The van der Waals surface area contributed by atoms with Crippen molar-refractivity contribution < 1.29 is 0 Å². The lowest BCUT2D eigenvalue weighted by atomic mass is 10.0. The third-order valence-electron chi connectivity index (χ3n) is 3.39. The van der Waals surface area contributed by atoms with E-state index in [-0.39, 0.29) is 0 Å². The fraction of sp³-hybridized carbons (Fsp3) is 0.692. The molecule has 102 valence electrons. The average Bonchev–Trinajstić information content (AvgIpc) is 2.68. The minimum Gasteiger partial charge on any atom is -0.309 e. The van der Waals surface area contributed by atoms with Gasteiger partial charge in [-0.1, -0.05) is 6.92 Å². The van der Waals surface area contributed by atoms with Crippen molar-refractivity contribution in [2.24, 2.45) is 0 Å². The molecular formula is C13H20Br2N2S. The molecule has 1 aliphatic rings.